The standard InChI is InChI=1S/C31H33N7O2/c1-36-28-23(11-21(13-26(28)40-2)31(39)38-16-20-6-8-24(38)27(20)32)35-30(36)25-12-18-5-7-22(19-9-10-33-14-19)34-29(18)37(25)15-17-3-4-17/h5,7,9-14,17,20,24,27,33H,3-4,6,8,15-16,32H2,1-2H3. The molecular formula is C31H33N7O2. The van der Waals surface area contributed by atoms with Crippen molar-refractivity contribution in [2.45, 2.75) is 44.3 Å². The number of nitrogens with zero attached hydrogens (tertiary/aromatic N) is 5. The molecular weight excluding hydrogens is 502 g/mol. The molecule has 3 aliphatic rings. The number of H-pyrrole nitrogens is 1. The molecule has 3 N–H and O–H groups in total. The van der Waals surface area contributed by atoms with Gasteiger partial charge in [0, 0.05) is 61.1 Å². The van der Waals surface area contributed by atoms with Crippen LogP contribution in [0.3, 0.4) is 0 Å². The van der Waals surface area contributed by atoms with E-state index in [2.05, 4.69) is 32.3 Å². The topological polar surface area (TPSA) is 107 Å². The van der Waals surface area contributed by atoms with Gasteiger partial charge in [0.1, 0.15) is 16.9 Å². The molecule has 3 atom stereocenters. The molecule has 2 aliphatic carbocycles. The Bertz CT molecular complexity index is 1780. The van der Waals surface area contributed by atoms with E-state index in [0.717, 1.165) is 70.8 Å². The van der Waals surface area contributed by atoms with E-state index in [0.29, 0.717) is 23.1 Å². The zero-order valence-corrected chi connectivity index (χ0v) is 22.8. The smallest absolute Gasteiger partial charge is 0.254 e. The summed E-state index contributed by atoms with van der Waals surface area (Å²) in [5.74, 6) is 2.55. The number of aromatic amines is 1. The molecule has 1 aliphatic heterocycles. The Morgan fingerprint density at radius 3 is 2.70 bits per heavy atom. The number of piperidine rings is 1. The molecule has 1 amide bonds. The summed E-state index contributed by atoms with van der Waals surface area (Å²) in [6.07, 6.45) is 8.46. The number of hydrogen-bond acceptors (Lipinski definition) is 5. The lowest BCUT2D eigenvalue weighted by Gasteiger charge is -2.27. The third-order valence-corrected chi connectivity index (χ3v) is 9.32. The van der Waals surface area contributed by atoms with Gasteiger partial charge in [-0.2, -0.15) is 0 Å². The Balaban J connectivity index is 1.25. The predicted molar refractivity (Wildman–Crippen MR) is 154 cm³/mol. The van der Waals surface area contributed by atoms with Crippen LogP contribution in [0.4, 0.5) is 0 Å². The van der Waals surface area contributed by atoms with Crippen LogP contribution >= 0.6 is 0 Å². The van der Waals surface area contributed by atoms with Gasteiger partial charge in [0.25, 0.3) is 5.91 Å². The van der Waals surface area contributed by atoms with Crippen molar-refractivity contribution in [2.24, 2.45) is 24.6 Å². The van der Waals surface area contributed by atoms with E-state index in [9.17, 15) is 4.79 Å². The van der Waals surface area contributed by atoms with E-state index in [-0.39, 0.29) is 18.0 Å². The molecule has 9 nitrogen and oxygen atoms in total. The van der Waals surface area contributed by atoms with E-state index in [1.807, 2.05) is 42.5 Å². The van der Waals surface area contributed by atoms with Crippen LogP contribution in [0, 0.1) is 11.8 Å². The van der Waals surface area contributed by atoms with E-state index in [1.54, 1.807) is 7.11 Å². The number of ether oxygens (including phenoxy) is 1. The highest BCUT2D eigenvalue weighted by molar-refractivity contribution is 6.00. The van der Waals surface area contributed by atoms with Gasteiger partial charge in [-0.05, 0) is 73.9 Å². The third-order valence-electron chi connectivity index (χ3n) is 9.32. The predicted octanol–water partition coefficient (Wildman–Crippen LogP) is 4.57. The second-order valence-electron chi connectivity index (χ2n) is 11.8. The summed E-state index contributed by atoms with van der Waals surface area (Å²) < 4.78 is 10.2. The summed E-state index contributed by atoms with van der Waals surface area (Å²) in [6.45, 7) is 1.64. The van der Waals surface area contributed by atoms with Gasteiger partial charge in [0.05, 0.1) is 24.0 Å². The second kappa shape index (κ2) is 8.69. The monoisotopic (exact) mass is 535 g/mol. The summed E-state index contributed by atoms with van der Waals surface area (Å²) in [4.78, 5) is 28.9. The lowest BCUT2D eigenvalue weighted by Crippen LogP contribution is -2.41. The molecule has 1 saturated heterocycles. The molecule has 4 aromatic heterocycles. The number of amides is 1. The number of carbonyl (C=O) groups is 1. The molecule has 9 heteroatoms. The minimum atomic E-state index is 0.0133. The van der Waals surface area contributed by atoms with Crippen LogP contribution in [0.15, 0.2) is 48.8 Å². The number of nitrogens with one attached hydrogen (secondary N) is 1. The summed E-state index contributed by atoms with van der Waals surface area (Å²) in [5, 5.41) is 1.09. The Morgan fingerprint density at radius 2 is 2.00 bits per heavy atom. The first kappa shape index (κ1) is 23.7. The van der Waals surface area contributed by atoms with Crippen molar-refractivity contribution in [1.29, 1.82) is 0 Å². The van der Waals surface area contributed by atoms with Crippen molar-refractivity contribution in [3.05, 3.63) is 54.4 Å². The fourth-order valence-electron chi connectivity index (χ4n) is 6.97. The molecule has 8 rings (SSSR count). The summed E-state index contributed by atoms with van der Waals surface area (Å²) in [5.41, 5.74) is 12.6. The minimum absolute atomic E-state index is 0.0133. The number of carbonyl (C=O) groups excluding carboxylic acids is 1. The molecule has 40 heavy (non-hydrogen) atoms. The van der Waals surface area contributed by atoms with Crippen LogP contribution in [0.1, 0.15) is 36.0 Å². The van der Waals surface area contributed by atoms with Crippen molar-refractivity contribution in [3.8, 4) is 28.5 Å². The van der Waals surface area contributed by atoms with Gasteiger partial charge in [-0.25, -0.2) is 9.97 Å². The van der Waals surface area contributed by atoms with Crippen molar-refractivity contribution in [1.82, 2.24) is 29.0 Å². The molecule has 2 bridgehead atoms. The van der Waals surface area contributed by atoms with E-state index in [4.69, 9.17) is 20.4 Å². The minimum Gasteiger partial charge on any atom is -0.494 e. The molecule has 2 saturated carbocycles. The van der Waals surface area contributed by atoms with Crippen molar-refractivity contribution < 1.29 is 9.53 Å². The van der Waals surface area contributed by atoms with E-state index in [1.165, 1.54) is 12.8 Å². The number of hydrogen-bond donors (Lipinski definition) is 2. The van der Waals surface area contributed by atoms with Gasteiger partial charge in [0.2, 0.25) is 0 Å². The first-order valence-corrected chi connectivity index (χ1v) is 14.2. The van der Waals surface area contributed by atoms with Crippen LogP contribution in [-0.2, 0) is 13.6 Å². The quantitative estimate of drug-likeness (QED) is 0.331. The average Bonchev–Trinajstić information content (AvgIpc) is 3.34. The van der Waals surface area contributed by atoms with Gasteiger partial charge < -0.3 is 29.5 Å². The third kappa shape index (κ3) is 3.53. The van der Waals surface area contributed by atoms with Crippen molar-refractivity contribution in [2.75, 3.05) is 13.7 Å². The van der Waals surface area contributed by atoms with Crippen LogP contribution in [0.5, 0.6) is 5.75 Å². The van der Waals surface area contributed by atoms with Gasteiger partial charge in [-0.1, -0.05) is 0 Å². The van der Waals surface area contributed by atoms with Crippen molar-refractivity contribution >= 4 is 28.0 Å². The van der Waals surface area contributed by atoms with Crippen LogP contribution in [0.25, 0.3) is 44.8 Å². The number of likely N-dealkylation sites (tertiary alicyclic amines) is 1. The first-order valence-electron chi connectivity index (χ1n) is 14.2. The number of pyridine rings is 1. The number of methoxy groups -OCH3 is 1. The molecule has 5 aromatic rings. The molecule has 3 unspecified atom stereocenters. The van der Waals surface area contributed by atoms with Crippen LogP contribution < -0.4 is 10.5 Å². The molecule has 5 heterocycles. The lowest BCUT2D eigenvalue weighted by molar-refractivity contribution is 0.0700. The maximum Gasteiger partial charge on any atom is 0.254 e. The zero-order chi connectivity index (χ0) is 27.1. The maximum absolute atomic E-state index is 13.7. The number of rotatable bonds is 6. The number of nitrogens with two attached hydrogens (primary N) is 1. The summed E-state index contributed by atoms with van der Waals surface area (Å²) >= 11 is 0. The molecule has 0 radical (unpaired) electrons. The molecule has 3 fully saturated rings. The number of imidazole rings is 1. The number of benzene rings is 1. The Hall–Kier alpha value is -4.11. The van der Waals surface area contributed by atoms with E-state index >= 15 is 0 Å². The highest BCUT2D eigenvalue weighted by Gasteiger charge is 2.47. The summed E-state index contributed by atoms with van der Waals surface area (Å²) in [7, 11) is 3.67. The average molecular weight is 536 g/mol. The fraction of sp³-hybridized carbons (Fsp3) is 0.387. The largest absolute Gasteiger partial charge is 0.494 e. The normalized spacial score (nSPS) is 22.2. The Kier molecular flexibility index (Phi) is 5.16. The van der Waals surface area contributed by atoms with Crippen LogP contribution in [0.2, 0.25) is 0 Å². The number of fused-ring (bicyclic) bond motifs is 4. The van der Waals surface area contributed by atoms with Gasteiger partial charge >= 0.3 is 0 Å². The molecule has 1 aromatic carbocycles. The van der Waals surface area contributed by atoms with E-state index < -0.39 is 0 Å². The zero-order valence-electron chi connectivity index (χ0n) is 22.8. The highest BCUT2D eigenvalue weighted by Crippen LogP contribution is 2.40. The van der Waals surface area contributed by atoms with Gasteiger partial charge in [0.15, 0.2) is 5.82 Å². The van der Waals surface area contributed by atoms with Gasteiger partial charge in [-0.3, -0.25) is 4.79 Å². The lowest BCUT2D eigenvalue weighted by atomic mass is 10.1. The highest BCUT2D eigenvalue weighted by atomic mass is 16.5. The van der Waals surface area contributed by atoms with Crippen LogP contribution in [-0.4, -0.2) is 60.6 Å². The van der Waals surface area contributed by atoms with Crippen molar-refractivity contribution in [3.63, 3.8) is 0 Å². The molecule has 204 valence electrons. The molecule has 0 spiro atoms. The Morgan fingerprint density at radius 1 is 1.12 bits per heavy atom. The number of aryl methyl sites for hydroxylation is 1. The second-order valence-corrected chi connectivity index (χ2v) is 11.8. The first-order chi connectivity index (χ1) is 19.5. The fourth-order valence-corrected chi connectivity index (χ4v) is 6.97. The van der Waals surface area contributed by atoms with Gasteiger partial charge in [-0.15, -0.1) is 0 Å². The maximum atomic E-state index is 13.7. The summed E-state index contributed by atoms with van der Waals surface area (Å²) in [6, 6.07) is 12.4. The Labute approximate surface area is 231 Å². The SMILES string of the molecule is COc1cc(C(=O)N2CC3CCC2C3N)cc2nc(-c3cc4ccc(-c5cc[nH]c5)nc4n3CC3CC3)n(C)c12. The number of aromatic nitrogens is 5.